The van der Waals surface area contributed by atoms with Crippen LogP contribution in [0.2, 0.25) is 0 Å². The first-order valence-corrected chi connectivity index (χ1v) is 18.7. The standard InChI is InChI=1S/C41H47N3O7S/c1-28(46)43-35-19-21-37(22-20-35)52-27-36-24-38(32-13-11-29(26-45)12-14-32)51-41(50-36)33-17-15-31(16-18-33)34-8-6-7-30(23-34)25-42-39(47)9-4-2-3-5-10-40(48)44-49/h6-8,11-23,36,38,41,45,49H,2-5,9-10,24-27H2,1H3,(H,42,47)(H,43,46)(H,44,48)/t36-,38+,41+/m1/s1. The molecule has 274 valence electrons. The van der Waals surface area contributed by atoms with Crippen LogP contribution < -0.4 is 16.1 Å². The van der Waals surface area contributed by atoms with Crippen molar-refractivity contribution in [3.05, 3.63) is 119 Å². The topological polar surface area (TPSA) is 146 Å². The van der Waals surface area contributed by atoms with Crippen LogP contribution in [0.3, 0.4) is 0 Å². The summed E-state index contributed by atoms with van der Waals surface area (Å²) in [5, 5.41) is 23.9. The number of benzene rings is 4. The minimum absolute atomic E-state index is 0.00504. The van der Waals surface area contributed by atoms with Gasteiger partial charge < -0.3 is 25.2 Å². The summed E-state index contributed by atoms with van der Waals surface area (Å²) in [5.41, 5.74) is 8.26. The zero-order valence-electron chi connectivity index (χ0n) is 29.4. The van der Waals surface area contributed by atoms with Gasteiger partial charge in [0.05, 0.1) is 18.8 Å². The fourth-order valence-corrected chi connectivity index (χ4v) is 6.93. The number of thioether (sulfide) groups is 1. The molecule has 1 heterocycles. The summed E-state index contributed by atoms with van der Waals surface area (Å²) < 4.78 is 13.1. The zero-order valence-corrected chi connectivity index (χ0v) is 30.2. The largest absolute Gasteiger partial charge is 0.392 e. The molecule has 5 rings (SSSR count). The Hall–Kier alpha value is -4.52. The number of nitrogens with one attached hydrogen (secondary N) is 3. The summed E-state index contributed by atoms with van der Waals surface area (Å²) in [6.07, 6.45) is 3.66. The van der Waals surface area contributed by atoms with Crippen LogP contribution in [0.25, 0.3) is 11.1 Å². The zero-order chi connectivity index (χ0) is 36.7. The van der Waals surface area contributed by atoms with Crippen molar-refractivity contribution in [1.82, 2.24) is 10.8 Å². The molecular weight excluding hydrogens is 679 g/mol. The molecule has 0 unspecified atom stereocenters. The fourth-order valence-electron chi connectivity index (χ4n) is 6.01. The van der Waals surface area contributed by atoms with Gasteiger partial charge in [-0.05, 0) is 71.0 Å². The monoisotopic (exact) mass is 725 g/mol. The molecule has 3 atom stereocenters. The molecule has 5 N–H and O–H groups in total. The van der Waals surface area contributed by atoms with E-state index in [1.807, 2.05) is 78.9 Å². The second-order valence-corrected chi connectivity index (χ2v) is 14.0. The van der Waals surface area contributed by atoms with Gasteiger partial charge in [0.25, 0.3) is 0 Å². The van der Waals surface area contributed by atoms with E-state index in [1.165, 1.54) is 6.92 Å². The van der Waals surface area contributed by atoms with Gasteiger partial charge >= 0.3 is 0 Å². The molecule has 0 aromatic heterocycles. The Labute approximate surface area is 309 Å². The van der Waals surface area contributed by atoms with Gasteiger partial charge in [-0.25, -0.2) is 5.48 Å². The van der Waals surface area contributed by atoms with E-state index >= 15 is 0 Å². The van der Waals surface area contributed by atoms with E-state index in [-0.39, 0.29) is 43.0 Å². The number of aliphatic hydroxyl groups excluding tert-OH is 1. The van der Waals surface area contributed by atoms with E-state index in [2.05, 4.69) is 28.8 Å². The Balaban J connectivity index is 1.19. The number of anilines is 1. The SMILES string of the molecule is CC(=O)Nc1ccc(SC[C@H]2C[C@@H](c3ccc(CO)cc3)O[C@@H](c3ccc(-c4cccc(CNC(=O)CCCCCCC(=O)NO)c4)cc3)O2)cc1. The van der Waals surface area contributed by atoms with E-state index in [1.54, 1.807) is 17.2 Å². The van der Waals surface area contributed by atoms with Crippen LogP contribution in [-0.4, -0.2) is 39.9 Å². The van der Waals surface area contributed by atoms with Crippen LogP contribution in [0.15, 0.2) is 102 Å². The van der Waals surface area contributed by atoms with Gasteiger partial charge in [-0.1, -0.05) is 79.6 Å². The van der Waals surface area contributed by atoms with Crippen molar-refractivity contribution in [1.29, 1.82) is 0 Å². The van der Waals surface area contributed by atoms with Gasteiger partial charge in [-0.15, -0.1) is 11.8 Å². The summed E-state index contributed by atoms with van der Waals surface area (Å²) >= 11 is 1.70. The van der Waals surface area contributed by atoms with Gasteiger partial charge in [0.15, 0.2) is 6.29 Å². The second kappa shape index (κ2) is 19.9. The predicted molar refractivity (Wildman–Crippen MR) is 201 cm³/mol. The van der Waals surface area contributed by atoms with Crippen molar-refractivity contribution in [3.8, 4) is 11.1 Å². The fraction of sp³-hybridized carbons (Fsp3) is 0.341. The lowest BCUT2D eigenvalue weighted by atomic mass is 9.99. The average Bonchev–Trinajstić information content (AvgIpc) is 3.18. The third-order valence-corrected chi connectivity index (χ3v) is 9.98. The van der Waals surface area contributed by atoms with Gasteiger partial charge in [-0.2, -0.15) is 0 Å². The Morgan fingerprint density at radius 2 is 1.46 bits per heavy atom. The average molecular weight is 726 g/mol. The molecule has 52 heavy (non-hydrogen) atoms. The maximum Gasteiger partial charge on any atom is 0.243 e. The molecular formula is C41H47N3O7S. The minimum Gasteiger partial charge on any atom is -0.392 e. The number of ether oxygens (including phenoxy) is 2. The summed E-state index contributed by atoms with van der Waals surface area (Å²) in [5.74, 6) is 0.226. The Bertz CT molecular complexity index is 1750. The molecule has 1 saturated heterocycles. The van der Waals surface area contributed by atoms with Crippen molar-refractivity contribution in [2.75, 3.05) is 11.1 Å². The van der Waals surface area contributed by atoms with Crippen molar-refractivity contribution in [2.45, 2.75) is 88.4 Å². The van der Waals surface area contributed by atoms with Gasteiger partial charge in [0.1, 0.15) is 0 Å². The molecule has 1 aliphatic rings. The van der Waals surface area contributed by atoms with Crippen LogP contribution in [0.5, 0.6) is 0 Å². The van der Waals surface area contributed by atoms with Crippen molar-refractivity contribution in [3.63, 3.8) is 0 Å². The Kier molecular flexibility index (Phi) is 14.8. The Morgan fingerprint density at radius 1 is 0.769 bits per heavy atom. The summed E-state index contributed by atoms with van der Waals surface area (Å²) in [6.45, 7) is 1.91. The second-order valence-electron chi connectivity index (χ2n) is 12.9. The third-order valence-electron chi connectivity index (χ3n) is 8.84. The molecule has 0 spiro atoms. The molecule has 0 radical (unpaired) electrons. The molecule has 0 saturated carbocycles. The highest BCUT2D eigenvalue weighted by Crippen LogP contribution is 2.40. The van der Waals surface area contributed by atoms with Crippen LogP contribution >= 0.6 is 11.8 Å². The molecule has 10 nitrogen and oxygen atoms in total. The van der Waals surface area contributed by atoms with E-state index in [4.69, 9.17) is 14.7 Å². The number of carbonyl (C=O) groups is 3. The van der Waals surface area contributed by atoms with E-state index in [0.29, 0.717) is 25.8 Å². The normalized spacial score (nSPS) is 16.9. The highest BCUT2D eigenvalue weighted by molar-refractivity contribution is 7.99. The highest BCUT2D eigenvalue weighted by atomic mass is 32.2. The first-order valence-electron chi connectivity index (χ1n) is 17.7. The van der Waals surface area contributed by atoms with E-state index in [9.17, 15) is 19.5 Å². The quantitative estimate of drug-likeness (QED) is 0.0324. The maximum atomic E-state index is 12.4. The lowest BCUT2D eigenvalue weighted by Gasteiger charge is -2.36. The number of amides is 3. The maximum absolute atomic E-state index is 12.4. The molecule has 0 aliphatic carbocycles. The lowest BCUT2D eigenvalue weighted by Crippen LogP contribution is -2.31. The number of hydroxylamine groups is 1. The van der Waals surface area contributed by atoms with E-state index in [0.717, 1.165) is 69.0 Å². The Morgan fingerprint density at radius 3 is 2.13 bits per heavy atom. The minimum atomic E-state index is -0.570. The number of hydrogen-bond donors (Lipinski definition) is 5. The predicted octanol–water partition coefficient (Wildman–Crippen LogP) is 7.60. The molecule has 1 aliphatic heterocycles. The molecule has 11 heteroatoms. The van der Waals surface area contributed by atoms with Gasteiger partial charge in [0.2, 0.25) is 17.7 Å². The number of aliphatic hydroxyl groups is 1. The van der Waals surface area contributed by atoms with Crippen molar-refractivity contribution < 1.29 is 34.2 Å². The summed E-state index contributed by atoms with van der Waals surface area (Å²) in [4.78, 5) is 36.0. The summed E-state index contributed by atoms with van der Waals surface area (Å²) in [6, 6.07) is 31.9. The third kappa shape index (κ3) is 12.0. The van der Waals surface area contributed by atoms with Crippen LogP contribution in [0.4, 0.5) is 5.69 Å². The van der Waals surface area contributed by atoms with Crippen LogP contribution in [0.1, 0.15) is 86.5 Å². The van der Waals surface area contributed by atoms with E-state index < -0.39 is 6.29 Å². The number of hydrogen-bond acceptors (Lipinski definition) is 8. The van der Waals surface area contributed by atoms with Gasteiger partial charge in [-0.3, -0.25) is 19.6 Å². The lowest BCUT2D eigenvalue weighted by molar-refractivity contribution is -0.245. The molecule has 4 aromatic carbocycles. The van der Waals surface area contributed by atoms with Crippen molar-refractivity contribution >= 4 is 35.2 Å². The van der Waals surface area contributed by atoms with Crippen LogP contribution in [0, 0.1) is 0 Å². The molecule has 3 amide bonds. The molecule has 4 aromatic rings. The number of rotatable bonds is 17. The van der Waals surface area contributed by atoms with Crippen molar-refractivity contribution in [2.24, 2.45) is 0 Å². The number of unbranched alkanes of at least 4 members (excludes halogenated alkanes) is 3. The summed E-state index contributed by atoms with van der Waals surface area (Å²) in [7, 11) is 0. The molecule has 1 fully saturated rings. The van der Waals surface area contributed by atoms with Gasteiger partial charge in [0, 0.05) is 54.6 Å². The molecule has 0 bridgehead atoms. The van der Waals surface area contributed by atoms with Crippen LogP contribution in [-0.2, 0) is 37.0 Å². The smallest absolute Gasteiger partial charge is 0.243 e. The highest BCUT2D eigenvalue weighted by Gasteiger charge is 2.32. The first-order chi connectivity index (χ1) is 25.3. The first kappa shape index (κ1) is 38.7. The number of carbonyl (C=O) groups excluding carboxylic acids is 3.